The second kappa shape index (κ2) is 35.1. The van der Waals surface area contributed by atoms with Crippen molar-refractivity contribution >= 4 is 59.0 Å². The van der Waals surface area contributed by atoms with E-state index in [0.29, 0.717) is 36.2 Å². The van der Waals surface area contributed by atoms with Gasteiger partial charge in [-0.2, -0.15) is 23.5 Å². The van der Waals surface area contributed by atoms with E-state index in [1.807, 2.05) is 59.2 Å². The highest BCUT2D eigenvalue weighted by molar-refractivity contribution is 8.00. The summed E-state index contributed by atoms with van der Waals surface area (Å²) in [6.07, 6.45) is 27.1. The summed E-state index contributed by atoms with van der Waals surface area (Å²) in [6.45, 7) is 4.81. The normalized spacial score (nSPS) is 18.7. The zero-order valence-electron chi connectivity index (χ0n) is 46.5. The second-order valence-corrected chi connectivity index (χ2v) is 26.1. The summed E-state index contributed by atoms with van der Waals surface area (Å²) >= 11 is 7.84. The molecule has 420 valence electrons. The highest BCUT2D eigenvalue weighted by Crippen LogP contribution is 2.54. The van der Waals surface area contributed by atoms with Crippen LogP contribution in [-0.2, 0) is 20.4 Å². The lowest BCUT2D eigenvalue weighted by Gasteiger charge is -2.43. The smallest absolute Gasteiger partial charge is 0.303 e. The van der Waals surface area contributed by atoms with Crippen LogP contribution >= 0.6 is 47.0 Å². The number of aliphatic carboxylic acids is 2. The number of carboxylic acids is 2. The molecule has 0 fully saturated rings. The van der Waals surface area contributed by atoms with E-state index in [2.05, 4.69) is 74.5 Å². The fourth-order valence-electron chi connectivity index (χ4n) is 11.1. The van der Waals surface area contributed by atoms with Gasteiger partial charge < -0.3 is 29.9 Å². The lowest BCUT2D eigenvalue weighted by Crippen LogP contribution is -2.36. The molecule has 4 N–H and O–H groups in total. The van der Waals surface area contributed by atoms with Gasteiger partial charge in [-0.15, -0.1) is 23.5 Å². The van der Waals surface area contributed by atoms with E-state index in [4.69, 9.17) is 19.7 Å². The second-order valence-electron chi connectivity index (χ2n) is 21.6. The average molecular weight is 1120 g/mol. The molecular weight excluding hydrogens is 1020 g/mol. The topological polar surface area (TPSA) is 134 Å². The molecule has 6 rings (SSSR count). The highest BCUT2D eigenvalue weighted by atomic mass is 32.2. The van der Waals surface area contributed by atoms with Crippen LogP contribution in [0.1, 0.15) is 202 Å². The molecule has 3 unspecified atom stereocenters. The third kappa shape index (κ3) is 21.2. The predicted molar refractivity (Wildman–Crippen MR) is 325 cm³/mol. The largest absolute Gasteiger partial charge is 0.508 e. The molecule has 4 aromatic carbocycles. The van der Waals surface area contributed by atoms with Gasteiger partial charge >= 0.3 is 11.9 Å². The molecule has 0 aromatic heterocycles. The van der Waals surface area contributed by atoms with Crippen LogP contribution in [0.2, 0.25) is 0 Å². The van der Waals surface area contributed by atoms with Gasteiger partial charge in [-0.25, -0.2) is 0 Å². The molecular formula is C64H92O8S4. The maximum Gasteiger partial charge on any atom is 0.303 e. The van der Waals surface area contributed by atoms with E-state index in [0.717, 1.165) is 73.7 Å². The van der Waals surface area contributed by atoms with Gasteiger partial charge in [0.25, 0.3) is 0 Å². The van der Waals surface area contributed by atoms with Crippen LogP contribution in [0.4, 0.5) is 0 Å². The van der Waals surface area contributed by atoms with E-state index < -0.39 is 11.9 Å². The number of methoxy groups -OCH3 is 2. The van der Waals surface area contributed by atoms with Gasteiger partial charge in [-0.1, -0.05) is 140 Å². The van der Waals surface area contributed by atoms with Gasteiger partial charge in [0, 0.05) is 45.0 Å². The van der Waals surface area contributed by atoms with Crippen LogP contribution in [0.3, 0.4) is 0 Å². The Morgan fingerprint density at radius 3 is 1.26 bits per heavy atom. The van der Waals surface area contributed by atoms with Crippen LogP contribution < -0.4 is 9.47 Å². The van der Waals surface area contributed by atoms with Crippen molar-refractivity contribution in [2.45, 2.75) is 200 Å². The SMILES string of the molecule is COc1ccc(C2(C)CSc3cc(OC)ccc3C2CCCCCCCCCSCCCCCC(=O)O)cc1.C[C@]1(c2ccc(O)cc2)CSc2cc(O)ccc2C1CCCCCCCCCSCCCCCC(=O)O. The molecule has 0 aliphatic carbocycles. The number of aromatic hydroxyl groups is 2. The number of unbranched alkanes of at least 4 members (excludes halogenated alkanes) is 16. The van der Waals surface area contributed by atoms with Crippen molar-refractivity contribution in [3.63, 3.8) is 0 Å². The zero-order chi connectivity index (χ0) is 54.4. The van der Waals surface area contributed by atoms with Crippen LogP contribution in [-0.4, -0.2) is 81.1 Å². The number of fused-ring (bicyclic) bond motifs is 2. The molecule has 8 nitrogen and oxygen atoms in total. The van der Waals surface area contributed by atoms with Crippen LogP contribution in [0.25, 0.3) is 0 Å². The molecule has 0 spiro atoms. The van der Waals surface area contributed by atoms with Crippen molar-refractivity contribution in [3.05, 3.63) is 107 Å². The number of thioether (sulfide) groups is 4. The summed E-state index contributed by atoms with van der Waals surface area (Å²) < 4.78 is 10.9. The Morgan fingerprint density at radius 2 is 0.829 bits per heavy atom. The summed E-state index contributed by atoms with van der Waals surface area (Å²) in [5.41, 5.74) is 5.59. The summed E-state index contributed by atoms with van der Waals surface area (Å²) in [6, 6.07) is 29.0. The molecule has 4 atom stereocenters. The minimum absolute atomic E-state index is 0.00371. The minimum Gasteiger partial charge on any atom is -0.508 e. The monoisotopic (exact) mass is 1120 g/mol. The Bertz CT molecular complexity index is 2270. The standard InChI is InChI=1S/C33H48O4S2.C31H44O4S2/c1-33(26-16-18-27(36-2)19-17-26)25-39-31-24-28(37-3)20-21-29(31)30(33)14-10-7-5-4-6-8-12-22-38-23-13-9-11-15-32(34)35;1-31(24-14-16-25(32)17-15-24)23-37-29-22-26(33)18-19-27(29)28(31)12-8-5-3-2-4-6-10-20-36-21-11-7-9-13-30(34)35/h16-21,24,30H,4-15,22-23,25H2,1-3H3,(H,34,35);14-19,22,28,32-33H,2-13,20-21,23H2,1H3,(H,34,35)/t;28?,31-/m.1/s1. The van der Waals surface area contributed by atoms with Crippen molar-refractivity contribution in [1.82, 2.24) is 0 Å². The first-order valence-corrected chi connectivity index (χ1v) is 33.0. The van der Waals surface area contributed by atoms with E-state index in [-0.39, 0.29) is 10.8 Å². The number of rotatable bonds is 36. The summed E-state index contributed by atoms with van der Waals surface area (Å²) in [5, 5.41) is 37.2. The third-order valence-electron chi connectivity index (χ3n) is 15.8. The van der Waals surface area contributed by atoms with E-state index in [9.17, 15) is 19.8 Å². The van der Waals surface area contributed by atoms with Crippen LogP contribution in [0.15, 0.2) is 94.7 Å². The number of hydrogen-bond acceptors (Lipinski definition) is 10. The molecule has 0 saturated carbocycles. The number of benzene rings is 4. The number of hydrogen-bond donors (Lipinski definition) is 4. The van der Waals surface area contributed by atoms with E-state index in [1.165, 1.54) is 146 Å². The quantitative estimate of drug-likeness (QED) is 0.0323. The Hall–Kier alpha value is -3.58. The molecule has 0 saturated heterocycles. The fourth-order valence-corrected chi connectivity index (χ4v) is 15.9. The first kappa shape index (κ1) is 63.3. The van der Waals surface area contributed by atoms with E-state index in [1.54, 1.807) is 26.4 Å². The van der Waals surface area contributed by atoms with Gasteiger partial charge in [-0.3, -0.25) is 9.59 Å². The Morgan fingerprint density at radius 1 is 0.474 bits per heavy atom. The van der Waals surface area contributed by atoms with Gasteiger partial charge in [-0.05, 0) is 157 Å². The number of phenols is 2. The average Bonchev–Trinajstić information content (AvgIpc) is 3.44. The lowest BCUT2D eigenvalue weighted by atomic mass is 9.68. The number of carboxylic acid groups (broad SMARTS) is 2. The molecule has 2 aliphatic rings. The first-order chi connectivity index (χ1) is 36.9. The summed E-state index contributed by atoms with van der Waals surface area (Å²) in [5.74, 6) is 8.89. The molecule has 4 aromatic rings. The van der Waals surface area contributed by atoms with Gasteiger partial charge in [0.1, 0.15) is 23.0 Å². The van der Waals surface area contributed by atoms with Crippen molar-refractivity contribution in [2.75, 3.05) is 48.7 Å². The highest BCUT2D eigenvalue weighted by Gasteiger charge is 2.42. The molecule has 76 heavy (non-hydrogen) atoms. The lowest BCUT2D eigenvalue weighted by molar-refractivity contribution is -0.138. The van der Waals surface area contributed by atoms with Crippen LogP contribution in [0, 0.1) is 0 Å². The molecule has 2 aliphatic heterocycles. The molecule has 12 heteroatoms. The zero-order valence-corrected chi connectivity index (χ0v) is 49.8. The maximum absolute atomic E-state index is 10.5. The van der Waals surface area contributed by atoms with Crippen molar-refractivity contribution in [2.24, 2.45) is 0 Å². The van der Waals surface area contributed by atoms with Crippen molar-refractivity contribution in [3.8, 4) is 23.0 Å². The van der Waals surface area contributed by atoms with Gasteiger partial charge in [0.15, 0.2) is 0 Å². The molecule has 2 heterocycles. The molecule has 0 amide bonds. The van der Waals surface area contributed by atoms with Crippen LogP contribution in [0.5, 0.6) is 23.0 Å². The first-order valence-electron chi connectivity index (χ1n) is 28.7. The molecule has 0 bridgehead atoms. The predicted octanol–water partition coefficient (Wildman–Crippen LogP) is 18.1. The number of ether oxygens (including phenoxy) is 2. The Balaban J connectivity index is 0.000000281. The van der Waals surface area contributed by atoms with Crippen molar-refractivity contribution in [1.29, 1.82) is 0 Å². The van der Waals surface area contributed by atoms with Gasteiger partial charge in [0.2, 0.25) is 0 Å². The van der Waals surface area contributed by atoms with E-state index >= 15 is 0 Å². The molecule has 0 radical (unpaired) electrons. The van der Waals surface area contributed by atoms with Gasteiger partial charge in [0.05, 0.1) is 14.2 Å². The third-order valence-corrected chi connectivity index (χ3v) is 20.9. The summed E-state index contributed by atoms with van der Waals surface area (Å²) in [4.78, 5) is 23.6. The Labute approximate surface area is 474 Å². The fraction of sp³-hybridized carbons (Fsp3) is 0.594. The maximum atomic E-state index is 10.5. The minimum atomic E-state index is -0.681. The number of phenolic OH excluding ortho intramolecular Hbond substituents is 2. The number of carbonyl (C=O) groups is 2. The van der Waals surface area contributed by atoms with Crippen molar-refractivity contribution < 1.29 is 39.5 Å². The Kier molecular flexibility index (Phi) is 29.2. The summed E-state index contributed by atoms with van der Waals surface area (Å²) in [7, 11) is 3.48.